The molecule has 0 aromatic rings. The summed E-state index contributed by atoms with van der Waals surface area (Å²) in [5.74, 6) is 0.616. The summed E-state index contributed by atoms with van der Waals surface area (Å²) < 4.78 is 5.45. The minimum atomic E-state index is 0.616. The fourth-order valence-electron chi connectivity index (χ4n) is 0.996. The number of nitrogens with one attached hydrogen (secondary N) is 2. The Morgan fingerprint density at radius 3 is 2.53 bits per heavy atom. The van der Waals surface area contributed by atoms with E-state index in [0.29, 0.717) is 5.92 Å². The highest BCUT2D eigenvalue weighted by Gasteiger charge is 1.95. The van der Waals surface area contributed by atoms with Gasteiger partial charge in [0.2, 0.25) is 0 Å². The van der Waals surface area contributed by atoms with Gasteiger partial charge in [-0.05, 0) is 31.0 Å². The van der Waals surface area contributed by atoms with Crippen molar-refractivity contribution in [2.45, 2.75) is 33.6 Å². The minimum absolute atomic E-state index is 0.616. The van der Waals surface area contributed by atoms with E-state index in [2.05, 4.69) is 31.4 Å². The van der Waals surface area contributed by atoms with Crippen molar-refractivity contribution < 1.29 is 4.74 Å². The van der Waals surface area contributed by atoms with Crippen LogP contribution < -0.4 is 10.6 Å². The predicted molar refractivity (Wildman–Crippen MR) is 69.2 cm³/mol. The standard InChI is InChI=1S/C11H24N2OS/c1-4-6-12-11(15)13-7-5-8-14-9-10(2)3/h10H,4-9H2,1-3H3,(H2,12,13,15). The molecule has 0 amide bonds. The van der Waals surface area contributed by atoms with E-state index in [-0.39, 0.29) is 0 Å². The van der Waals surface area contributed by atoms with Crippen molar-refractivity contribution in [1.82, 2.24) is 10.6 Å². The molecule has 0 bridgehead atoms. The van der Waals surface area contributed by atoms with Crippen LogP contribution in [0.15, 0.2) is 0 Å². The molecule has 15 heavy (non-hydrogen) atoms. The Hall–Kier alpha value is -0.350. The number of rotatable bonds is 8. The van der Waals surface area contributed by atoms with Crippen LogP contribution in [0, 0.1) is 5.92 Å². The van der Waals surface area contributed by atoms with Crippen LogP contribution in [0.2, 0.25) is 0 Å². The van der Waals surface area contributed by atoms with Gasteiger partial charge in [-0.1, -0.05) is 20.8 Å². The van der Waals surface area contributed by atoms with Crippen LogP contribution in [-0.2, 0) is 4.74 Å². The highest BCUT2D eigenvalue weighted by Crippen LogP contribution is 1.92. The van der Waals surface area contributed by atoms with Crippen LogP contribution in [0.25, 0.3) is 0 Å². The summed E-state index contributed by atoms with van der Waals surface area (Å²) in [5.41, 5.74) is 0. The molecule has 0 atom stereocenters. The van der Waals surface area contributed by atoms with Gasteiger partial charge >= 0.3 is 0 Å². The molecule has 2 N–H and O–H groups in total. The first kappa shape index (κ1) is 14.6. The van der Waals surface area contributed by atoms with Crippen LogP contribution in [-0.4, -0.2) is 31.4 Å². The Bertz CT molecular complexity index is 163. The van der Waals surface area contributed by atoms with E-state index in [9.17, 15) is 0 Å². The molecule has 0 fully saturated rings. The average molecular weight is 232 g/mol. The van der Waals surface area contributed by atoms with E-state index in [1.54, 1.807) is 0 Å². The van der Waals surface area contributed by atoms with Gasteiger partial charge in [0.05, 0.1) is 0 Å². The first-order valence-electron chi connectivity index (χ1n) is 5.76. The van der Waals surface area contributed by atoms with Crippen molar-refractivity contribution in [1.29, 1.82) is 0 Å². The smallest absolute Gasteiger partial charge is 0.166 e. The van der Waals surface area contributed by atoms with Gasteiger partial charge in [-0.15, -0.1) is 0 Å². The first-order valence-corrected chi connectivity index (χ1v) is 6.17. The maximum absolute atomic E-state index is 5.45. The van der Waals surface area contributed by atoms with Crippen LogP contribution in [0.4, 0.5) is 0 Å². The molecule has 0 aliphatic carbocycles. The third-order valence-electron chi connectivity index (χ3n) is 1.74. The second-order valence-electron chi connectivity index (χ2n) is 4.00. The molecule has 90 valence electrons. The highest BCUT2D eigenvalue weighted by atomic mass is 32.1. The lowest BCUT2D eigenvalue weighted by Gasteiger charge is -2.10. The zero-order valence-corrected chi connectivity index (χ0v) is 11.0. The Morgan fingerprint density at radius 1 is 1.27 bits per heavy atom. The van der Waals surface area contributed by atoms with Crippen molar-refractivity contribution in [2.75, 3.05) is 26.3 Å². The highest BCUT2D eigenvalue weighted by molar-refractivity contribution is 7.80. The fourth-order valence-corrected chi connectivity index (χ4v) is 1.20. The molecular formula is C11H24N2OS. The molecule has 0 aromatic carbocycles. The summed E-state index contributed by atoms with van der Waals surface area (Å²) in [6.45, 7) is 9.91. The van der Waals surface area contributed by atoms with Gasteiger partial charge < -0.3 is 15.4 Å². The summed E-state index contributed by atoms with van der Waals surface area (Å²) in [6, 6.07) is 0. The summed E-state index contributed by atoms with van der Waals surface area (Å²) in [7, 11) is 0. The topological polar surface area (TPSA) is 33.3 Å². The second-order valence-corrected chi connectivity index (χ2v) is 4.41. The number of hydrogen-bond donors (Lipinski definition) is 2. The fraction of sp³-hybridized carbons (Fsp3) is 0.909. The quantitative estimate of drug-likeness (QED) is 0.495. The molecule has 0 aliphatic rings. The molecule has 0 aliphatic heterocycles. The average Bonchev–Trinajstić information content (AvgIpc) is 2.19. The van der Waals surface area contributed by atoms with E-state index < -0.39 is 0 Å². The summed E-state index contributed by atoms with van der Waals surface area (Å²) in [4.78, 5) is 0. The van der Waals surface area contributed by atoms with Gasteiger partial charge in [-0.25, -0.2) is 0 Å². The van der Waals surface area contributed by atoms with Crippen molar-refractivity contribution in [3.63, 3.8) is 0 Å². The molecule has 0 aromatic heterocycles. The molecule has 0 saturated carbocycles. The van der Waals surface area contributed by atoms with Crippen molar-refractivity contribution in [3.8, 4) is 0 Å². The van der Waals surface area contributed by atoms with E-state index in [1.807, 2.05) is 0 Å². The monoisotopic (exact) mass is 232 g/mol. The largest absolute Gasteiger partial charge is 0.381 e. The van der Waals surface area contributed by atoms with Crippen LogP contribution in [0.5, 0.6) is 0 Å². The Kier molecular flexibility index (Phi) is 9.94. The van der Waals surface area contributed by atoms with Gasteiger partial charge in [0.1, 0.15) is 0 Å². The molecule has 4 heteroatoms. The Morgan fingerprint density at radius 2 is 1.93 bits per heavy atom. The van der Waals surface area contributed by atoms with Gasteiger partial charge in [-0.2, -0.15) is 0 Å². The molecular weight excluding hydrogens is 208 g/mol. The van der Waals surface area contributed by atoms with Gasteiger partial charge in [0.25, 0.3) is 0 Å². The van der Waals surface area contributed by atoms with Crippen molar-refractivity contribution in [2.24, 2.45) is 5.92 Å². The molecule has 0 spiro atoms. The molecule has 0 saturated heterocycles. The molecule has 0 heterocycles. The second kappa shape index (κ2) is 10.2. The summed E-state index contributed by atoms with van der Waals surface area (Å²) in [5, 5.41) is 7.02. The Balaban J connectivity index is 3.13. The normalized spacial score (nSPS) is 10.4. The molecule has 0 rings (SSSR count). The number of ether oxygens (including phenoxy) is 1. The van der Waals surface area contributed by atoms with Crippen LogP contribution >= 0.6 is 12.2 Å². The zero-order chi connectivity index (χ0) is 11.5. The third-order valence-corrected chi connectivity index (χ3v) is 2.03. The molecule has 0 radical (unpaired) electrons. The number of hydrogen-bond acceptors (Lipinski definition) is 2. The zero-order valence-electron chi connectivity index (χ0n) is 10.1. The number of thiocarbonyl (C=S) groups is 1. The first-order chi connectivity index (χ1) is 7.16. The minimum Gasteiger partial charge on any atom is -0.381 e. The van der Waals surface area contributed by atoms with Crippen LogP contribution in [0.3, 0.4) is 0 Å². The third kappa shape index (κ3) is 11.6. The van der Waals surface area contributed by atoms with E-state index in [4.69, 9.17) is 17.0 Å². The SMILES string of the molecule is CCCNC(=S)NCCCOCC(C)C. The lowest BCUT2D eigenvalue weighted by molar-refractivity contribution is 0.108. The van der Waals surface area contributed by atoms with Crippen LogP contribution in [0.1, 0.15) is 33.6 Å². The van der Waals surface area contributed by atoms with Crippen molar-refractivity contribution >= 4 is 17.3 Å². The maximum atomic E-state index is 5.45. The van der Waals surface area contributed by atoms with Gasteiger partial charge in [0, 0.05) is 26.3 Å². The van der Waals surface area contributed by atoms with Crippen molar-refractivity contribution in [3.05, 3.63) is 0 Å². The maximum Gasteiger partial charge on any atom is 0.166 e. The van der Waals surface area contributed by atoms with E-state index >= 15 is 0 Å². The lowest BCUT2D eigenvalue weighted by atomic mass is 10.2. The molecule has 0 unspecified atom stereocenters. The van der Waals surface area contributed by atoms with E-state index in [0.717, 1.165) is 44.3 Å². The molecule has 3 nitrogen and oxygen atoms in total. The predicted octanol–water partition coefficient (Wildman–Crippen LogP) is 1.92. The summed E-state index contributed by atoms with van der Waals surface area (Å²) >= 11 is 5.08. The van der Waals surface area contributed by atoms with Gasteiger partial charge in [-0.3, -0.25) is 0 Å². The van der Waals surface area contributed by atoms with E-state index in [1.165, 1.54) is 0 Å². The lowest BCUT2D eigenvalue weighted by Crippen LogP contribution is -2.36. The summed E-state index contributed by atoms with van der Waals surface area (Å²) in [6.07, 6.45) is 2.10. The van der Waals surface area contributed by atoms with Gasteiger partial charge in [0.15, 0.2) is 5.11 Å². The Labute approximate surface area is 99.0 Å².